The zero-order chi connectivity index (χ0) is 18.2. The van der Waals surface area contributed by atoms with Gasteiger partial charge in [0.2, 0.25) is 0 Å². The second-order valence-corrected chi connectivity index (χ2v) is 6.41. The molecule has 3 N–H and O–H groups in total. The van der Waals surface area contributed by atoms with E-state index in [2.05, 4.69) is 4.98 Å². The predicted octanol–water partition coefficient (Wildman–Crippen LogP) is 3.32. The van der Waals surface area contributed by atoms with Crippen LogP contribution < -0.4 is 15.4 Å². The Bertz CT molecular complexity index is 799. The highest BCUT2D eigenvalue weighted by atomic mass is 19.3. The number of nitrogens with one attached hydrogen (secondary N) is 1. The molecule has 3 rings (SSSR count). The lowest BCUT2D eigenvalue weighted by Crippen LogP contribution is -2.56. The highest BCUT2D eigenvalue weighted by molar-refractivity contribution is 6.14. The number of hydrogen-bond donors (Lipinski definition) is 2. The van der Waals surface area contributed by atoms with Gasteiger partial charge in [-0.25, -0.2) is 13.8 Å². The summed E-state index contributed by atoms with van der Waals surface area (Å²) in [6, 6.07) is 8.47. The normalized spacial score (nSPS) is 15.8. The van der Waals surface area contributed by atoms with Gasteiger partial charge >= 0.3 is 0 Å². The summed E-state index contributed by atoms with van der Waals surface area (Å²) in [6.07, 6.45) is 1.52. The van der Waals surface area contributed by atoms with Crippen molar-refractivity contribution in [3.05, 3.63) is 47.7 Å². The van der Waals surface area contributed by atoms with E-state index < -0.39 is 5.92 Å². The predicted molar refractivity (Wildman–Crippen MR) is 93.9 cm³/mol. The number of rotatable bonds is 5. The van der Waals surface area contributed by atoms with Crippen molar-refractivity contribution in [3.8, 4) is 5.75 Å². The standard InChI is InChI=1S/C18H20F2N4O/c1-11(2)25-13-3-4-15(21)14(8-13)17(22)12-5-6-23-16(7-12)24-9-18(19,20)10-24/h3-8,11,22H,9-10,21H2,1-2H3. The smallest absolute Gasteiger partial charge is 0.282 e. The molecule has 5 nitrogen and oxygen atoms in total. The zero-order valence-electron chi connectivity index (χ0n) is 14.1. The molecule has 0 saturated carbocycles. The van der Waals surface area contributed by atoms with Gasteiger partial charge in [0, 0.05) is 23.0 Å². The van der Waals surface area contributed by atoms with Crippen LogP contribution >= 0.6 is 0 Å². The van der Waals surface area contributed by atoms with Crippen LogP contribution in [-0.4, -0.2) is 35.8 Å². The van der Waals surface area contributed by atoms with Crippen molar-refractivity contribution in [2.75, 3.05) is 23.7 Å². The van der Waals surface area contributed by atoms with Crippen LogP contribution in [0.25, 0.3) is 0 Å². The molecule has 0 bridgehead atoms. The van der Waals surface area contributed by atoms with E-state index in [4.69, 9.17) is 15.9 Å². The Kier molecular flexibility index (Phi) is 4.32. The van der Waals surface area contributed by atoms with Gasteiger partial charge in [0.1, 0.15) is 11.6 Å². The first kappa shape index (κ1) is 17.1. The van der Waals surface area contributed by atoms with Gasteiger partial charge in [-0.05, 0) is 44.2 Å². The summed E-state index contributed by atoms with van der Waals surface area (Å²) in [6.45, 7) is 3.13. The Hall–Kier alpha value is -2.70. The molecular formula is C18H20F2N4O. The summed E-state index contributed by atoms with van der Waals surface area (Å²) in [5.41, 5.74) is 7.75. The number of pyridine rings is 1. The third-order valence-electron chi connectivity index (χ3n) is 3.87. The number of anilines is 2. The molecule has 25 heavy (non-hydrogen) atoms. The highest BCUT2D eigenvalue weighted by Crippen LogP contribution is 2.31. The lowest BCUT2D eigenvalue weighted by Gasteiger charge is -2.39. The van der Waals surface area contributed by atoms with Crippen molar-refractivity contribution in [3.63, 3.8) is 0 Å². The van der Waals surface area contributed by atoms with Gasteiger partial charge in [0.05, 0.1) is 24.9 Å². The molecule has 1 aliphatic heterocycles. The summed E-state index contributed by atoms with van der Waals surface area (Å²) in [5, 5.41) is 8.45. The molecular weight excluding hydrogens is 326 g/mol. The van der Waals surface area contributed by atoms with Crippen LogP contribution in [0.3, 0.4) is 0 Å². The van der Waals surface area contributed by atoms with Gasteiger partial charge in [0.25, 0.3) is 5.92 Å². The second-order valence-electron chi connectivity index (χ2n) is 6.41. The Morgan fingerprint density at radius 1 is 1.28 bits per heavy atom. The maximum Gasteiger partial charge on any atom is 0.282 e. The quantitative estimate of drug-likeness (QED) is 0.643. The number of aromatic nitrogens is 1. The van der Waals surface area contributed by atoms with E-state index in [0.29, 0.717) is 28.4 Å². The largest absolute Gasteiger partial charge is 0.491 e. The van der Waals surface area contributed by atoms with Crippen LogP contribution in [0, 0.1) is 5.41 Å². The van der Waals surface area contributed by atoms with Crippen molar-refractivity contribution < 1.29 is 13.5 Å². The van der Waals surface area contributed by atoms with Crippen LogP contribution in [0.1, 0.15) is 25.0 Å². The third kappa shape index (κ3) is 3.70. The molecule has 1 fully saturated rings. The van der Waals surface area contributed by atoms with E-state index >= 15 is 0 Å². The molecule has 0 spiro atoms. The van der Waals surface area contributed by atoms with Gasteiger partial charge in [-0.15, -0.1) is 0 Å². The zero-order valence-corrected chi connectivity index (χ0v) is 14.1. The molecule has 0 amide bonds. The van der Waals surface area contributed by atoms with E-state index in [1.807, 2.05) is 13.8 Å². The van der Waals surface area contributed by atoms with Gasteiger partial charge in [-0.2, -0.15) is 0 Å². The first-order valence-corrected chi connectivity index (χ1v) is 7.99. The first-order valence-electron chi connectivity index (χ1n) is 7.99. The van der Waals surface area contributed by atoms with E-state index in [1.54, 1.807) is 30.3 Å². The molecule has 0 atom stereocenters. The lowest BCUT2D eigenvalue weighted by molar-refractivity contribution is -0.0267. The number of nitrogens with zero attached hydrogens (tertiary/aromatic N) is 2. The molecule has 0 aliphatic carbocycles. The fraction of sp³-hybridized carbons (Fsp3) is 0.333. The van der Waals surface area contributed by atoms with E-state index in [9.17, 15) is 8.78 Å². The third-order valence-corrected chi connectivity index (χ3v) is 3.87. The molecule has 2 aromatic rings. The average Bonchev–Trinajstić information content (AvgIpc) is 2.53. The Morgan fingerprint density at radius 3 is 2.64 bits per heavy atom. The number of halogens is 2. The molecule has 0 radical (unpaired) electrons. The van der Waals surface area contributed by atoms with Crippen LogP contribution in [0.5, 0.6) is 5.75 Å². The number of hydrogen-bond acceptors (Lipinski definition) is 5. The number of alkyl halides is 2. The van der Waals surface area contributed by atoms with Gasteiger partial charge in [-0.3, -0.25) is 5.41 Å². The minimum absolute atomic E-state index is 0.00581. The van der Waals surface area contributed by atoms with Crippen molar-refractivity contribution in [1.82, 2.24) is 4.98 Å². The Morgan fingerprint density at radius 2 is 2.00 bits per heavy atom. The van der Waals surface area contributed by atoms with Crippen molar-refractivity contribution in [2.24, 2.45) is 0 Å². The topological polar surface area (TPSA) is 75.2 Å². The van der Waals surface area contributed by atoms with Crippen LogP contribution in [-0.2, 0) is 0 Å². The van der Waals surface area contributed by atoms with Gasteiger partial charge in [-0.1, -0.05) is 0 Å². The fourth-order valence-corrected chi connectivity index (χ4v) is 2.67. The van der Waals surface area contributed by atoms with Crippen molar-refractivity contribution in [2.45, 2.75) is 25.9 Å². The van der Waals surface area contributed by atoms with Gasteiger partial charge < -0.3 is 15.4 Å². The molecule has 1 aromatic heterocycles. The van der Waals surface area contributed by atoms with Crippen molar-refractivity contribution >= 4 is 17.2 Å². The SMILES string of the molecule is CC(C)Oc1ccc(N)c(C(=N)c2ccnc(N3CC(F)(F)C3)c2)c1. The number of ether oxygens (including phenoxy) is 1. The lowest BCUT2D eigenvalue weighted by atomic mass is 10.0. The summed E-state index contributed by atoms with van der Waals surface area (Å²) < 4.78 is 31.8. The molecule has 132 valence electrons. The van der Waals surface area contributed by atoms with Crippen LogP contribution in [0.4, 0.5) is 20.3 Å². The molecule has 7 heteroatoms. The minimum atomic E-state index is -2.67. The maximum atomic E-state index is 13.1. The van der Waals surface area contributed by atoms with Gasteiger partial charge in [0.15, 0.2) is 0 Å². The average molecular weight is 346 g/mol. The van der Waals surface area contributed by atoms with Crippen LogP contribution in [0.15, 0.2) is 36.5 Å². The van der Waals surface area contributed by atoms with E-state index in [-0.39, 0.29) is 24.9 Å². The Balaban J connectivity index is 1.86. The number of nitrogen functional groups attached to an aromatic ring is 1. The summed E-state index contributed by atoms with van der Waals surface area (Å²) in [5.74, 6) is -1.61. The monoisotopic (exact) mass is 346 g/mol. The molecule has 1 saturated heterocycles. The van der Waals surface area contributed by atoms with E-state index in [1.165, 1.54) is 11.1 Å². The number of nitrogens with two attached hydrogens (primary N) is 1. The molecule has 2 heterocycles. The molecule has 1 aromatic carbocycles. The molecule has 1 aliphatic rings. The minimum Gasteiger partial charge on any atom is -0.491 e. The van der Waals surface area contributed by atoms with Crippen LogP contribution in [0.2, 0.25) is 0 Å². The summed E-state index contributed by atoms with van der Waals surface area (Å²) in [7, 11) is 0. The Labute approximate surface area is 144 Å². The highest BCUT2D eigenvalue weighted by Gasteiger charge is 2.44. The second kappa shape index (κ2) is 6.31. The summed E-state index contributed by atoms with van der Waals surface area (Å²) in [4.78, 5) is 5.61. The van der Waals surface area contributed by atoms with E-state index in [0.717, 1.165) is 0 Å². The first-order chi connectivity index (χ1) is 11.7. The fourth-order valence-electron chi connectivity index (χ4n) is 2.67. The number of benzene rings is 1. The maximum absolute atomic E-state index is 13.1. The van der Waals surface area contributed by atoms with Crippen molar-refractivity contribution in [1.29, 1.82) is 5.41 Å². The molecule has 0 unspecified atom stereocenters. The summed E-state index contributed by atoms with van der Waals surface area (Å²) >= 11 is 0.